The zero-order valence-corrected chi connectivity index (χ0v) is 17.2. The number of carbonyl (C=O) groups is 2. The van der Waals surface area contributed by atoms with E-state index in [2.05, 4.69) is 26.2 Å². The first-order valence-electron chi connectivity index (χ1n) is 8.22. The van der Waals surface area contributed by atoms with Gasteiger partial charge in [0.25, 0.3) is 5.91 Å². The maximum atomic E-state index is 12.9. The number of likely N-dealkylation sites (N-methyl/N-ethyl adjacent to an activating group) is 1. The van der Waals surface area contributed by atoms with Crippen molar-refractivity contribution in [3.05, 3.63) is 64.4 Å². The van der Waals surface area contributed by atoms with E-state index < -0.39 is 6.04 Å². The summed E-state index contributed by atoms with van der Waals surface area (Å²) in [5.41, 5.74) is 1.32. The van der Waals surface area contributed by atoms with Crippen LogP contribution in [-0.4, -0.2) is 46.8 Å². The van der Waals surface area contributed by atoms with Gasteiger partial charge >= 0.3 is 0 Å². The molecule has 1 atom stereocenters. The highest BCUT2D eigenvalue weighted by atomic mass is 79.9. The van der Waals surface area contributed by atoms with Crippen LogP contribution >= 0.6 is 27.7 Å². The molecular weight excluding hydrogens is 414 g/mol. The van der Waals surface area contributed by atoms with E-state index in [1.807, 2.05) is 30.5 Å². The first-order valence-corrected chi connectivity index (χ1v) is 10.4. The molecule has 0 aliphatic heterocycles. The molecule has 2 aromatic rings. The second-order valence-electron chi connectivity index (χ2n) is 5.80. The number of aromatic nitrogens is 1. The summed E-state index contributed by atoms with van der Waals surface area (Å²) in [6.45, 7) is 0.403. The van der Waals surface area contributed by atoms with Gasteiger partial charge in [-0.25, -0.2) is 0 Å². The van der Waals surface area contributed by atoms with Gasteiger partial charge in [0.1, 0.15) is 6.04 Å². The Morgan fingerprint density at radius 1 is 1.23 bits per heavy atom. The van der Waals surface area contributed by atoms with Crippen molar-refractivity contribution in [1.82, 2.24) is 15.2 Å². The van der Waals surface area contributed by atoms with Crippen molar-refractivity contribution in [1.29, 1.82) is 0 Å². The molecule has 1 unspecified atom stereocenters. The standard InChI is InChI=1S/C19H22BrN3O2S/c1-23(13-14-7-5-6-11-21-14)19(25)17(10-12-26-2)22-18(24)15-8-3-4-9-16(15)20/h3-9,11,17H,10,12-13H2,1-2H3,(H,22,24). The predicted octanol–water partition coefficient (Wildman–Crippen LogP) is 3.35. The van der Waals surface area contributed by atoms with Crippen LogP contribution in [0.1, 0.15) is 22.5 Å². The molecule has 138 valence electrons. The van der Waals surface area contributed by atoms with E-state index in [4.69, 9.17) is 0 Å². The number of rotatable bonds is 8. The Morgan fingerprint density at radius 2 is 1.96 bits per heavy atom. The molecule has 0 fully saturated rings. The highest BCUT2D eigenvalue weighted by molar-refractivity contribution is 9.10. The number of carbonyl (C=O) groups excluding carboxylic acids is 2. The third kappa shape index (κ3) is 5.85. The smallest absolute Gasteiger partial charge is 0.253 e. The molecule has 0 radical (unpaired) electrons. The van der Waals surface area contributed by atoms with Crippen molar-refractivity contribution in [3.8, 4) is 0 Å². The summed E-state index contributed by atoms with van der Waals surface area (Å²) in [7, 11) is 1.73. The fourth-order valence-electron chi connectivity index (χ4n) is 2.45. The fraction of sp³-hybridized carbons (Fsp3) is 0.316. The second-order valence-corrected chi connectivity index (χ2v) is 7.64. The van der Waals surface area contributed by atoms with E-state index in [1.54, 1.807) is 48.1 Å². The number of pyridine rings is 1. The maximum Gasteiger partial charge on any atom is 0.253 e. The monoisotopic (exact) mass is 435 g/mol. The van der Waals surface area contributed by atoms with Crippen LogP contribution in [0, 0.1) is 0 Å². The van der Waals surface area contributed by atoms with Gasteiger partial charge in [-0.2, -0.15) is 11.8 Å². The second kappa shape index (κ2) is 10.3. The lowest BCUT2D eigenvalue weighted by Gasteiger charge is -2.24. The number of nitrogens with one attached hydrogen (secondary N) is 1. The van der Waals surface area contributed by atoms with Crippen LogP contribution in [0.25, 0.3) is 0 Å². The Morgan fingerprint density at radius 3 is 2.62 bits per heavy atom. The van der Waals surface area contributed by atoms with E-state index in [1.165, 1.54) is 0 Å². The first kappa shape index (κ1) is 20.5. The Balaban J connectivity index is 2.08. The Labute approximate surface area is 166 Å². The molecule has 1 aromatic heterocycles. The summed E-state index contributed by atoms with van der Waals surface area (Å²) in [4.78, 5) is 31.3. The molecular formula is C19H22BrN3O2S. The number of halogens is 1. The molecule has 7 heteroatoms. The number of hydrogen-bond acceptors (Lipinski definition) is 4. The normalized spacial score (nSPS) is 11.7. The predicted molar refractivity (Wildman–Crippen MR) is 109 cm³/mol. The summed E-state index contributed by atoms with van der Waals surface area (Å²) in [5.74, 6) is 0.401. The van der Waals surface area contributed by atoms with E-state index in [-0.39, 0.29) is 11.8 Å². The molecule has 0 saturated heterocycles. The number of amides is 2. The van der Waals surface area contributed by atoms with Crippen molar-refractivity contribution < 1.29 is 9.59 Å². The van der Waals surface area contributed by atoms with E-state index in [9.17, 15) is 9.59 Å². The van der Waals surface area contributed by atoms with Crippen LogP contribution in [0.4, 0.5) is 0 Å². The number of nitrogens with zero attached hydrogens (tertiary/aromatic N) is 2. The average Bonchev–Trinajstić information content (AvgIpc) is 2.65. The fourth-order valence-corrected chi connectivity index (χ4v) is 3.39. The molecule has 0 aliphatic rings. The van der Waals surface area contributed by atoms with Crippen LogP contribution in [-0.2, 0) is 11.3 Å². The highest BCUT2D eigenvalue weighted by Crippen LogP contribution is 2.16. The minimum atomic E-state index is -0.573. The Bertz CT molecular complexity index is 743. The minimum Gasteiger partial charge on any atom is -0.340 e. The molecule has 1 N–H and O–H groups in total. The SMILES string of the molecule is CSCCC(NC(=O)c1ccccc1Br)C(=O)N(C)Cc1ccccn1. The zero-order valence-electron chi connectivity index (χ0n) is 14.8. The summed E-state index contributed by atoms with van der Waals surface area (Å²) in [5, 5.41) is 2.88. The summed E-state index contributed by atoms with van der Waals surface area (Å²) < 4.78 is 0.704. The van der Waals surface area contributed by atoms with Crippen LogP contribution in [0.3, 0.4) is 0 Å². The quantitative estimate of drug-likeness (QED) is 0.690. The molecule has 0 aliphatic carbocycles. The lowest BCUT2D eigenvalue weighted by atomic mass is 10.1. The van der Waals surface area contributed by atoms with Gasteiger partial charge in [0, 0.05) is 17.7 Å². The molecule has 0 spiro atoms. The van der Waals surface area contributed by atoms with Gasteiger partial charge in [-0.1, -0.05) is 18.2 Å². The number of thioether (sulfide) groups is 1. The van der Waals surface area contributed by atoms with Crippen molar-refractivity contribution >= 4 is 39.5 Å². The largest absolute Gasteiger partial charge is 0.340 e. The molecule has 26 heavy (non-hydrogen) atoms. The van der Waals surface area contributed by atoms with E-state index in [0.29, 0.717) is 23.0 Å². The van der Waals surface area contributed by atoms with Gasteiger partial charge in [0.2, 0.25) is 5.91 Å². The minimum absolute atomic E-state index is 0.120. The Kier molecular flexibility index (Phi) is 8.12. The average molecular weight is 436 g/mol. The first-order chi connectivity index (χ1) is 12.5. The Hall–Kier alpha value is -1.86. The summed E-state index contributed by atoms with van der Waals surface area (Å²) in [6, 6.07) is 12.2. The van der Waals surface area contributed by atoms with Crippen LogP contribution in [0.15, 0.2) is 53.1 Å². The molecule has 0 saturated carbocycles. The topological polar surface area (TPSA) is 62.3 Å². The van der Waals surface area contributed by atoms with Gasteiger partial charge in [-0.15, -0.1) is 0 Å². The van der Waals surface area contributed by atoms with Crippen LogP contribution in [0.2, 0.25) is 0 Å². The molecule has 5 nitrogen and oxygen atoms in total. The zero-order chi connectivity index (χ0) is 18.9. The van der Waals surface area contributed by atoms with Crippen molar-refractivity contribution in [3.63, 3.8) is 0 Å². The van der Waals surface area contributed by atoms with Crippen LogP contribution in [0.5, 0.6) is 0 Å². The van der Waals surface area contributed by atoms with Crippen LogP contribution < -0.4 is 5.32 Å². The molecule has 2 rings (SSSR count). The summed E-state index contributed by atoms with van der Waals surface area (Å²) >= 11 is 5.03. The maximum absolute atomic E-state index is 12.9. The van der Waals surface area contributed by atoms with Gasteiger partial charge in [-0.05, 0) is 58.6 Å². The van der Waals surface area contributed by atoms with E-state index in [0.717, 1.165) is 11.4 Å². The molecule has 1 heterocycles. The number of benzene rings is 1. The van der Waals surface area contributed by atoms with E-state index >= 15 is 0 Å². The number of hydrogen-bond donors (Lipinski definition) is 1. The lowest BCUT2D eigenvalue weighted by molar-refractivity contribution is -0.132. The highest BCUT2D eigenvalue weighted by Gasteiger charge is 2.25. The third-order valence-corrected chi connectivity index (χ3v) is 5.17. The molecule has 1 aromatic carbocycles. The van der Waals surface area contributed by atoms with Gasteiger partial charge in [-0.3, -0.25) is 14.6 Å². The van der Waals surface area contributed by atoms with Crippen molar-refractivity contribution in [2.45, 2.75) is 19.0 Å². The van der Waals surface area contributed by atoms with Gasteiger partial charge in [0.05, 0.1) is 17.8 Å². The molecule has 0 bridgehead atoms. The van der Waals surface area contributed by atoms with Crippen molar-refractivity contribution in [2.24, 2.45) is 0 Å². The van der Waals surface area contributed by atoms with Gasteiger partial charge < -0.3 is 10.2 Å². The molecule has 2 amide bonds. The van der Waals surface area contributed by atoms with Gasteiger partial charge in [0.15, 0.2) is 0 Å². The summed E-state index contributed by atoms with van der Waals surface area (Å²) in [6.07, 6.45) is 4.26. The third-order valence-electron chi connectivity index (χ3n) is 3.83. The van der Waals surface area contributed by atoms with Crippen molar-refractivity contribution in [2.75, 3.05) is 19.1 Å². The lowest BCUT2D eigenvalue weighted by Crippen LogP contribution is -2.47.